The fourth-order valence-electron chi connectivity index (χ4n) is 4.42. The first-order chi connectivity index (χ1) is 20.9. The summed E-state index contributed by atoms with van der Waals surface area (Å²) in [5.74, 6) is 0.0307. The zero-order valence-corrected chi connectivity index (χ0v) is 26.2. The molecule has 5 N–H and O–H groups in total. The van der Waals surface area contributed by atoms with Gasteiger partial charge in [0.05, 0.1) is 25.2 Å². The highest BCUT2D eigenvalue weighted by Gasteiger charge is 2.28. The van der Waals surface area contributed by atoms with Crippen molar-refractivity contribution in [2.45, 2.75) is 88.7 Å². The zero-order chi connectivity index (χ0) is 32.1. The van der Waals surface area contributed by atoms with E-state index in [1.807, 2.05) is 30.3 Å². The molecule has 1 aliphatic heterocycles. The van der Waals surface area contributed by atoms with Crippen LogP contribution in [0.15, 0.2) is 47.4 Å². The molecule has 2 heterocycles. The third kappa shape index (κ3) is 12.3. The monoisotopic (exact) mass is 633 g/mol. The first kappa shape index (κ1) is 35.0. The van der Waals surface area contributed by atoms with Crippen molar-refractivity contribution in [1.82, 2.24) is 20.2 Å². The van der Waals surface area contributed by atoms with Crippen LogP contribution in [0.2, 0.25) is 0 Å². The maximum Gasteiger partial charge on any atom is 0.407 e. The van der Waals surface area contributed by atoms with Crippen molar-refractivity contribution in [2.24, 2.45) is 0 Å². The molecular weight excluding hydrogens is 590 g/mol. The number of thioether (sulfide) groups is 1. The average molecular weight is 634 g/mol. The lowest BCUT2D eigenvalue weighted by Crippen LogP contribution is -2.48. The lowest BCUT2D eigenvalue weighted by atomic mass is 9.99. The van der Waals surface area contributed by atoms with Crippen LogP contribution in [0.25, 0.3) is 0 Å². The molecule has 1 fully saturated rings. The highest BCUT2D eigenvalue weighted by molar-refractivity contribution is 8.00. The first-order valence-electron chi connectivity index (χ1n) is 14.7. The number of anilines is 1. The molecule has 0 spiro atoms. The number of aromatic nitrogens is 2. The first-order valence-corrected chi connectivity index (χ1v) is 15.7. The standard InChI is InChI=1S/C30H43N5O8S/c1-30(2,3)43-29(41)32-21(16-20-10-6-4-7-11-20)22(37)17-25(39)31-14-9-5-8-12-24(38)33-23-13-15-35(28(40)34-23)26-19-44-27(18-36)42-26/h4,6-7,10-11,13,15,21-22,26-27,36-37H,5,8-9,12,14,16-19H2,1-3H3,(H,31,39)(H,32,41)(H,33,34,38,40)/t21-,22-,26+,27-/m0/s1. The van der Waals surface area contributed by atoms with Gasteiger partial charge in [-0.25, -0.2) is 9.59 Å². The number of aliphatic hydroxyl groups is 2. The maximum atomic E-state index is 12.5. The van der Waals surface area contributed by atoms with Crippen LogP contribution in [0.5, 0.6) is 0 Å². The predicted molar refractivity (Wildman–Crippen MR) is 166 cm³/mol. The zero-order valence-electron chi connectivity index (χ0n) is 25.4. The van der Waals surface area contributed by atoms with Crippen LogP contribution >= 0.6 is 11.8 Å². The van der Waals surface area contributed by atoms with Gasteiger partial charge in [-0.3, -0.25) is 14.2 Å². The van der Waals surface area contributed by atoms with Gasteiger partial charge in [0.2, 0.25) is 11.8 Å². The summed E-state index contributed by atoms with van der Waals surface area (Å²) in [6, 6.07) is 10.1. The lowest BCUT2D eigenvalue weighted by Gasteiger charge is -2.26. The fourth-order valence-corrected chi connectivity index (χ4v) is 5.35. The van der Waals surface area contributed by atoms with Crippen molar-refractivity contribution in [2.75, 3.05) is 24.2 Å². The van der Waals surface area contributed by atoms with Gasteiger partial charge in [0.15, 0.2) is 0 Å². The molecule has 0 radical (unpaired) electrons. The molecule has 3 rings (SSSR count). The highest BCUT2D eigenvalue weighted by Crippen LogP contribution is 2.30. The van der Waals surface area contributed by atoms with Crippen molar-refractivity contribution < 1.29 is 34.1 Å². The Hall–Kier alpha value is -3.46. The average Bonchev–Trinajstić information content (AvgIpc) is 3.43. The lowest BCUT2D eigenvalue weighted by molar-refractivity contribution is -0.123. The van der Waals surface area contributed by atoms with Gasteiger partial charge in [0.25, 0.3) is 0 Å². The van der Waals surface area contributed by atoms with E-state index in [0.29, 0.717) is 38.0 Å². The third-order valence-electron chi connectivity index (χ3n) is 6.55. The number of rotatable bonds is 15. The van der Waals surface area contributed by atoms with Gasteiger partial charge < -0.3 is 35.6 Å². The maximum absolute atomic E-state index is 12.5. The summed E-state index contributed by atoms with van der Waals surface area (Å²) >= 11 is 1.41. The Kier molecular flexibility index (Phi) is 13.6. The molecule has 1 aliphatic rings. The summed E-state index contributed by atoms with van der Waals surface area (Å²) in [5, 5.41) is 28.1. The van der Waals surface area contributed by atoms with E-state index >= 15 is 0 Å². The Labute approximate surface area is 261 Å². The van der Waals surface area contributed by atoms with Gasteiger partial charge >= 0.3 is 11.8 Å². The van der Waals surface area contributed by atoms with E-state index < -0.39 is 35.8 Å². The number of nitrogens with one attached hydrogen (secondary N) is 3. The molecule has 0 unspecified atom stereocenters. The number of hydrogen-bond donors (Lipinski definition) is 5. The molecule has 2 aromatic rings. The molecule has 1 saturated heterocycles. The number of nitrogens with zero attached hydrogens (tertiary/aromatic N) is 2. The minimum Gasteiger partial charge on any atom is -0.444 e. The van der Waals surface area contributed by atoms with Crippen LogP contribution in [0.4, 0.5) is 10.6 Å². The number of unbranched alkanes of at least 4 members (excludes halogenated alkanes) is 2. The Morgan fingerprint density at radius 2 is 1.89 bits per heavy atom. The number of amides is 3. The van der Waals surface area contributed by atoms with Crippen LogP contribution in [-0.4, -0.2) is 79.8 Å². The Balaban J connectivity index is 1.35. The van der Waals surface area contributed by atoms with E-state index in [1.54, 1.807) is 20.8 Å². The van der Waals surface area contributed by atoms with Gasteiger partial charge in [-0.15, -0.1) is 11.8 Å². The van der Waals surface area contributed by atoms with Gasteiger partial charge in [0.1, 0.15) is 23.1 Å². The molecule has 44 heavy (non-hydrogen) atoms. The number of carbonyl (C=O) groups is 3. The minimum absolute atomic E-state index is 0.141. The summed E-state index contributed by atoms with van der Waals surface area (Å²) in [5.41, 5.74) is -0.744. The molecule has 1 aromatic carbocycles. The molecule has 1 aromatic heterocycles. The van der Waals surface area contributed by atoms with Crippen LogP contribution in [0, 0.1) is 0 Å². The van der Waals surface area contributed by atoms with Crippen LogP contribution < -0.4 is 21.6 Å². The van der Waals surface area contributed by atoms with Crippen molar-refractivity contribution in [3.63, 3.8) is 0 Å². The molecule has 0 aliphatic carbocycles. The SMILES string of the molecule is CC(C)(C)OC(=O)N[C@@H](Cc1ccccc1)[C@@H](O)CC(=O)NCCCCCC(=O)Nc1ccn([C@H]2CS[C@@H](CO)O2)c(=O)n1. The topological polar surface area (TPSA) is 181 Å². The van der Waals surface area contributed by atoms with Crippen molar-refractivity contribution in [3.8, 4) is 0 Å². The molecular formula is C30H43N5O8S. The van der Waals surface area contributed by atoms with Crippen molar-refractivity contribution in [3.05, 3.63) is 58.6 Å². The Morgan fingerprint density at radius 3 is 2.55 bits per heavy atom. The quantitative estimate of drug-likeness (QED) is 0.183. The van der Waals surface area contributed by atoms with Crippen LogP contribution in [0.3, 0.4) is 0 Å². The van der Waals surface area contributed by atoms with Crippen LogP contribution in [0.1, 0.15) is 64.7 Å². The molecule has 13 nitrogen and oxygen atoms in total. The number of carbonyl (C=O) groups excluding carboxylic acids is 3. The molecule has 242 valence electrons. The number of ether oxygens (including phenoxy) is 2. The second kappa shape index (κ2) is 17.1. The van der Waals surface area contributed by atoms with Crippen molar-refractivity contribution >= 4 is 35.5 Å². The molecule has 14 heteroatoms. The number of benzene rings is 1. The minimum atomic E-state index is -1.14. The number of hydrogen-bond acceptors (Lipinski definition) is 10. The summed E-state index contributed by atoms with van der Waals surface area (Å²) in [6.45, 7) is 5.46. The summed E-state index contributed by atoms with van der Waals surface area (Å²) in [4.78, 5) is 53.4. The van der Waals surface area contributed by atoms with E-state index in [1.165, 1.54) is 28.6 Å². The van der Waals surface area contributed by atoms with Gasteiger partial charge in [-0.1, -0.05) is 36.8 Å². The molecule has 4 atom stereocenters. The molecule has 0 bridgehead atoms. The summed E-state index contributed by atoms with van der Waals surface area (Å²) < 4.78 is 12.2. The predicted octanol–water partition coefficient (Wildman–Crippen LogP) is 2.33. The largest absolute Gasteiger partial charge is 0.444 e. The molecule has 0 saturated carbocycles. The smallest absolute Gasteiger partial charge is 0.407 e. The van der Waals surface area contributed by atoms with Gasteiger partial charge in [0, 0.05) is 24.9 Å². The van der Waals surface area contributed by atoms with E-state index in [9.17, 15) is 29.4 Å². The second-order valence-corrected chi connectivity index (χ2v) is 12.7. The van der Waals surface area contributed by atoms with Crippen LogP contribution in [-0.2, 0) is 25.5 Å². The Morgan fingerprint density at radius 1 is 1.14 bits per heavy atom. The van der Waals surface area contributed by atoms with E-state index in [2.05, 4.69) is 20.9 Å². The Bertz CT molecular complexity index is 1290. The van der Waals surface area contributed by atoms with Crippen molar-refractivity contribution in [1.29, 1.82) is 0 Å². The number of alkyl carbamates (subject to hydrolysis) is 1. The van der Waals surface area contributed by atoms with Gasteiger partial charge in [-0.05, 0) is 51.7 Å². The molecule has 3 amide bonds. The second-order valence-electron chi connectivity index (χ2n) is 11.5. The van der Waals surface area contributed by atoms with E-state index in [-0.39, 0.29) is 42.5 Å². The summed E-state index contributed by atoms with van der Waals surface area (Å²) in [7, 11) is 0. The summed E-state index contributed by atoms with van der Waals surface area (Å²) in [6.07, 6.45) is 1.39. The highest BCUT2D eigenvalue weighted by atomic mass is 32.2. The number of aliphatic hydroxyl groups excluding tert-OH is 2. The fraction of sp³-hybridized carbons (Fsp3) is 0.567. The third-order valence-corrected chi connectivity index (χ3v) is 7.66. The van der Waals surface area contributed by atoms with E-state index in [4.69, 9.17) is 9.47 Å². The van der Waals surface area contributed by atoms with E-state index in [0.717, 1.165) is 5.56 Å². The normalized spacial score (nSPS) is 17.8. The van der Waals surface area contributed by atoms with Gasteiger partial charge in [-0.2, -0.15) is 4.98 Å².